The fourth-order valence-electron chi connectivity index (χ4n) is 0.978. The van der Waals surface area contributed by atoms with Crippen LogP contribution in [0.4, 0.5) is 0 Å². The Balaban J connectivity index is 4.00. The fourth-order valence-corrected chi connectivity index (χ4v) is 1.92. The second-order valence-electron chi connectivity index (χ2n) is 7.31. The molecule has 0 spiro atoms. The van der Waals surface area contributed by atoms with Crippen molar-refractivity contribution in [2.24, 2.45) is 5.41 Å². The van der Waals surface area contributed by atoms with Crippen molar-refractivity contribution in [2.75, 3.05) is 6.61 Å². The fraction of sp³-hybridized carbons (Fsp3) is 0.857. The van der Waals surface area contributed by atoms with Crippen LogP contribution in [0.15, 0.2) is 12.2 Å². The smallest absolute Gasteiger partial charge is 0.192 e. The summed E-state index contributed by atoms with van der Waals surface area (Å²) in [5, 5.41) is 0.310. The zero-order chi connectivity index (χ0) is 13.0. The van der Waals surface area contributed by atoms with Gasteiger partial charge in [-0.15, -0.1) is 0 Å². The van der Waals surface area contributed by atoms with Gasteiger partial charge in [-0.1, -0.05) is 53.7 Å². The van der Waals surface area contributed by atoms with Gasteiger partial charge in [-0.2, -0.15) is 0 Å². The van der Waals surface area contributed by atoms with Crippen LogP contribution >= 0.6 is 0 Å². The third kappa shape index (κ3) is 6.49. The average molecular weight is 242 g/mol. The van der Waals surface area contributed by atoms with Gasteiger partial charge in [0, 0.05) is 0 Å². The second kappa shape index (κ2) is 5.50. The zero-order valence-electron chi connectivity index (χ0n) is 12.5. The van der Waals surface area contributed by atoms with Gasteiger partial charge >= 0.3 is 0 Å². The monoisotopic (exact) mass is 242 g/mol. The Morgan fingerprint density at radius 2 is 1.44 bits per heavy atom. The molecule has 0 bridgehead atoms. The molecule has 0 aliphatic heterocycles. The van der Waals surface area contributed by atoms with E-state index in [9.17, 15) is 0 Å². The summed E-state index contributed by atoms with van der Waals surface area (Å²) in [5.41, 5.74) is 0.382. The van der Waals surface area contributed by atoms with Crippen molar-refractivity contribution in [3.63, 3.8) is 0 Å². The van der Waals surface area contributed by atoms with Gasteiger partial charge in [0.15, 0.2) is 8.32 Å². The Morgan fingerprint density at radius 3 is 1.81 bits per heavy atom. The quantitative estimate of drug-likeness (QED) is 0.498. The SMILES string of the molecule is CC(C)(C)CC=CCO[Si](C)(C)C(C)(C)C. The molecule has 0 fully saturated rings. The molecule has 0 saturated heterocycles. The predicted molar refractivity (Wildman–Crippen MR) is 76.4 cm³/mol. The summed E-state index contributed by atoms with van der Waals surface area (Å²) in [6, 6.07) is 0. The Morgan fingerprint density at radius 1 is 0.938 bits per heavy atom. The maximum atomic E-state index is 6.06. The highest BCUT2D eigenvalue weighted by atomic mass is 28.4. The molecule has 0 amide bonds. The Kier molecular flexibility index (Phi) is 5.47. The van der Waals surface area contributed by atoms with Crippen LogP contribution in [0.25, 0.3) is 0 Å². The first-order chi connectivity index (χ1) is 6.96. The first-order valence-electron chi connectivity index (χ1n) is 6.25. The largest absolute Gasteiger partial charge is 0.413 e. The molecule has 96 valence electrons. The summed E-state index contributed by atoms with van der Waals surface area (Å²) in [4.78, 5) is 0. The minimum absolute atomic E-state index is 0.310. The molecule has 0 aromatic heterocycles. The number of rotatable bonds is 4. The highest BCUT2D eigenvalue weighted by molar-refractivity contribution is 6.74. The average Bonchev–Trinajstić information content (AvgIpc) is 1.98. The summed E-state index contributed by atoms with van der Waals surface area (Å²) < 4.78 is 6.06. The minimum atomic E-state index is -1.55. The zero-order valence-corrected chi connectivity index (χ0v) is 13.5. The van der Waals surface area contributed by atoms with Gasteiger partial charge in [0.05, 0.1) is 6.61 Å². The van der Waals surface area contributed by atoms with Crippen LogP contribution in [-0.2, 0) is 4.43 Å². The number of hydrogen-bond donors (Lipinski definition) is 0. The van der Waals surface area contributed by atoms with E-state index in [2.05, 4.69) is 66.8 Å². The van der Waals surface area contributed by atoms with E-state index in [4.69, 9.17) is 4.43 Å². The highest BCUT2D eigenvalue weighted by Gasteiger charge is 2.36. The summed E-state index contributed by atoms with van der Waals surface area (Å²) in [6.45, 7) is 19.0. The maximum absolute atomic E-state index is 6.06. The molecule has 0 saturated carbocycles. The van der Waals surface area contributed by atoms with Crippen molar-refractivity contribution in [3.8, 4) is 0 Å². The summed E-state index contributed by atoms with van der Waals surface area (Å²) in [5.74, 6) is 0. The molecule has 0 unspecified atom stereocenters. The molecule has 16 heavy (non-hydrogen) atoms. The lowest BCUT2D eigenvalue weighted by Gasteiger charge is -2.35. The lowest BCUT2D eigenvalue weighted by atomic mass is 9.92. The molecule has 0 aliphatic rings. The molecule has 0 heterocycles. The van der Waals surface area contributed by atoms with Crippen LogP contribution < -0.4 is 0 Å². The van der Waals surface area contributed by atoms with Crippen LogP contribution in [0.2, 0.25) is 18.1 Å². The molecule has 2 heteroatoms. The standard InChI is InChI=1S/C14H30OSi/c1-13(2,3)11-9-10-12-15-16(7,8)14(4,5)6/h9-10H,11-12H2,1-8H3. The third-order valence-corrected chi connectivity index (χ3v) is 7.74. The second-order valence-corrected chi connectivity index (χ2v) is 12.1. The topological polar surface area (TPSA) is 9.23 Å². The van der Waals surface area contributed by atoms with Crippen molar-refractivity contribution < 1.29 is 4.43 Å². The maximum Gasteiger partial charge on any atom is 0.192 e. The lowest BCUT2D eigenvalue weighted by molar-refractivity contribution is 0.326. The van der Waals surface area contributed by atoms with E-state index in [-0.39, 0.29) is 0 Å². The molecular weight excluding hydrogens is 212 g/mol. The number of hydrogen-bond acceptors (Lipinski definition) is 1. The van der Waals surface area contributed by atoms with Crippen molar-refractivity contribution in [1.29, 1.82) is 0 Å². The van der Waals surface area contributed by atoms with Crippen LogP contribution in [0.3, 0.4) is 0 Å². The van der Waals surface area contributed by atoms with Crippen molar-refractivity contribution in [2.45, 2.75) is 66.1 Å². The molecule has 1 nitrogen and oxygen atoms in total. The summed E-state index contributed by atoms with van der Waals surface area (Å²) in [6.07, 6.45) is 5.53. The van der Waals surface area contributed by atoms with Gasteiger partial charge in [0.2, 0.25) is 0 Å². The van der Waals surface area contributed by atoms with Crippen molar-refractivity contribution in [3.05, 3.63) is 12.2 Å². The number of allylic oxidation sites excluding steroid dienone is 1. The molecule has 0 aliphatic carbocycles. The minimum Gasteiger partial charge on any atom is -0.413 e. The van der Waals surface area contributed by atoms with Gasteiger partial charge < -0.3 is 4.43 Å². The first kappa shape index (κ1) is 15.9. The van der Waals surface area contributed by atoms with E-state index in [1.54, 1.807) is 0 Å². The molecule has 0 radical (unpaired) electrons. The van der Waals surface area contributed by atoms with Crippen molar-refractivity contribution >= 4 is 8.32 Å². The normalized spacial score (nSPS) is 14.8. The van der Waals surface area contributed by atoms with Crippen LogP contribution in [-0.4, -0.2) is 14.9 Å². The summed E-state index contributed by atoms with van der Waals surface area (Å²) in [7, 11) is -1.55. The van der Waals surface area contributed by atoms with E-state index in [1.165, 1.54) is 0 Å². The van der Waals surface area contributed by atoms with Gasteiger partial charge in [-0.25, -0.2) is 0 Å². The molecule has 0 aromatic carbocycles. The molecular formula is C14H30OSi. The molecule has 0 N–H and O–H groups in total. The Bertz CT molecular complexity index is 228. The summed E-state index contributed by atoms with van der Waals surface area (Å²) >= 11 is 0. The highest BCUT2D eigenvalue weighted by Crippen LogP contribution is 2.36. The van der Waals surface area contributed by atoms with Crippen molar-refractivity contribution in [1.82, 2.24) is 0 Å². The van der Waals surface area contributed by atoms with E-state index in [0.717, 1.165) is 13.0 Å². The van der Waals surface area contributed by atoms with Gasteiger partial charge in [-0.05, 0) is 30.0 Å². The first-order valence-corrected chi connectivity index (χ1v) is 9.15. The Labute approximate surface area is 103 Å². The molecule has 0 atom stereocenters. The van der Waals surface area contributed by atoms with Crippen LogP contribution in [0.1, 0.15) is 48.0 Å². The molecule has 0 aromatic rings. The predicted octanol–water partition coefficient (Wildman–Crippen LogP) is 5.00. The van der Waals surface area contributed by atoms with E-state index >= 15 is 0 Å². The molecule has 0 rings (SSSR count). The van der Waals surface area contributed by atoms with Crippen LogP contribution in [0, 0.1) is 5.41 Å². The van der Waals surface area contributed by atoms with E-state index < -0.39 is 8.32 Å². The van der Waals surface area contributed by atoms with Gasteiger partial charge in [0.1, 0.15) is 0 Å². The third-order valence-electron chi connectivity index (χ3n) is 3.24. The van der Waals surface area contributed by atoms with Gasteiger partial charge in [-0.3, -0.25) is 0 Å². The van der Waals surface area contributed by atoms with Crippen LogP contribution in [0.5, 0.6) is 0 Å². The van der Waals surface area contributed by atoms with E-state index in [1.807, 2.05) is 0 Å². The van der Waals surface area contributed by atoms with E-state index in [0.29, 0.717) is 10.5 Å². The van der Waals surface area contributed by atoms with Gasteiger partial charge in [0.25, 0.3) is 0 Å². The lowest BCUT2D eigenvalue weighted by Crippen LogP contribution is -2.40. The Hall–Kier alpha value is -0.0831.